The first kappa shape index (κ1) is 14.7. The highest BCUT2D eigenvalue weighted by Crippen LogP contribution is 2.37. The Bertz CT molecular complexity index is 553. The molecule has 0 aliphatic heterocycles. The van der Waals surface area contributed by atoms with Gasteiger partial charge < -0.3 is 10.8 Å². The normalized spacial score (nSPS) is 14.4. The van der Waals surface area contributed by atoms with E-state index in [9.17, 15) is 9.50 Å². The van der Waals surface area contributed by atoms with Crippen molar-refractivity contribution in [2.45, 2.75) is 18.9 Å². The standard InChI is InChI=1S/C14H15BrFNOS/c1-8-5-12(19-14(8)15)13(18)11(7-17)9-3-2-4-10(16)6-9/h2-6,11,13,18H,7,17H2,1H3. The van der Waals surface area contributed by atoms with E-state index in [1.807, 2.05) is 13.0 Å². The number of aryl methyl sites for hydroxylation is 1. The summed E-state index contributed by atoms with van der Waals surface area (Å²) in [5.74, 6) is -0.618. The number of aliphatic hydroxyl groups is 1. The molecular weight excluding hydrogens is 329 g/mol. The molecule has 2 atom stereocenters. The van der Waals surface area contributed by atoms with Crippen LogP contribution in [0.25, 0.3) is 0 Å². The molecule has 0 amide bonds. The van der Waals surface area contributed by atoms with Gasteiger partial charge in [-0.3, -0.25) is 0 Å². The molecule has 0 saturated carbocycles. The van der Waals surface area contributed by atoms with Crippen molar-refractivity contribution in [2.24, 2.45) is 5.73 Å². The van der Waals surface area contributed by atoms with E-state index >= 15 is 0 Å². The number of halogens is 2. The lowest BCUT2D eigenvalue weighted by atomic mass is 9.92. The van der Waals surface area contributed by atoms with Crippen LogP contribution in [0, 0.1) is 12.7 Å². The van der Waals surface area contributed by atoms with Gasteiger partial charge in [0, 0.05) is 17.3 Å². The summed E-state index contributed by atoms with van der Waals surface area (Å²) in [6, 6.07) is 8.17. The third-order valence-electron chi connectivity index (χ3n) is 3.08. The average Bonchev–Trinajstić information content (AvgIpc) is 2.70. The zero-order valence-electron chi connectivity index (χ0n) is 10.4. The second-order valence-electron chi connectivity index (χ2n) is 4.45. The Hall–Kier alpha value is -0.750. The first-order valence-electron chi connectivity index (χ1n) is 5.92. The summed E-state index contributed by atoms with van der Waals surface area (Å²) in [6.45, 7) is 2.23. The van der Waals surface area contributed by atoms with Gasteiger partial charge in [-0.2, -0.15) is 0 Å². The molecule has 5 heteroatoms. The fraction of sp³-hybridized carbons (Fsp3) is 0.286. The van der Waals surface area contributed by atoms with Crippen molar-refractivity contribution in [3.63, 3.8) is 0 Å². The smallest absolute Gasteiger partial charge is 0.123 e. The lowest BCUT2D eigenvalue weighted by molar-refractivity contribution is 0.151. The van der Waals surface area contributed by atoms with E-state index in [2.05, 4.69) is 15.9 Å². The van der Waals surface area contributed by atoms with Crippen LogP contribution in [-0.2, 0) is 0 Å². The lowest BCUT2D eigenvalue weighted by Gasteiger charge is -2.21. The molecule has 1 aromatic carbocycles. The van der Waals surface area contributed by atoms with Crippen molar-refractivity contribution < 1.29 is 9.50 Å². The quantitative estimate of drug-likeness (QED) is 0.888. The van der Waals surface area contributed by atoms with Crippen molar-refractivity contribution in [2.75, 3.05) is 6.54 Å². The van der Waals surface area contributed by atoms with E-state index in [1.165, 1.54) is 23.5 Å². The maximum atomic E-state index is 13.3. The molecule has 102 valence electrons. The van der Waals surface area contributed by atoms with Gasteiger partial charge in [0.1, 0.15) is 5.82 Å². The Morgan fingerprint density at radius 1 is 1.42 bits per heavy atom. The fourth-order valence-corrected chi connectivity index (χ4v) is 3.63. The molecule has 2 nitrogen and oxygen atoms in total. The van der Waals surface area contributed by atoms with Crippen LogP contribution >= 0.6 is 27.3 Å². The largest absolute Gasteiger partial charge is 0.387 e. The van der Waals surface area contributed by atoms with E-state index in [1.54, 1.807) is 12.1 Å². The molecular formula is C14H15BrFNOS. The summed E-state index contributed by atoms with van der Waals surface area (Å²) < 4.78 is 14.3. The fourth-order valence-electron chi connectivity index (χ4n) is 2.01. The molecule has 19 heavy (non-hydrogen) atoms. The van der Waals surface area contributed by atoms with E-state index in [0.29, 0.717) is 0 Å². The zero-order chi connectivity index (χ0) is 14.0. The second kappa shape index (κ2) is 6.13. The second-order valence-corrected chi connectivity index (χ2v) is 6.85. The number of thiophene rings is 1. The molecule has 2 rings (SSSR count). The Labute approximate surface area is 124 Å². The third kappa shape index (κ3) is 3.23. The maximum absolute atomic E-state index is 13.3. The Balaban J connectivity index is 2.31. The first-order chi connectivity index (χ1) is 9.02. The minimum absolute atomic E-state index is 0.263. The Kier molecular flexibility index (Phi) is 4.73. The van der Waals surface area contributed by atoms with E-state index in [0.717, 1.165) is 19.8 Å². The highest BCUT2D eigenvalue weighted by molar-refractivity contribution is 9.11. The summed E-state index contributed by atoms with van der Waals surface area (Å²) in [5, 5.41) is 10.4. The van der Waals surface area contributed by atoms with Crippen LogP contribution in [0.15, 0.2) is 34.1 Å². The molecule has 0 fully saturated rings. The zero-order valence-corrected chi connectivity index (χ0v) is 12.8. The van der Waals surface area contributed by atoms with Crippen LogP contribution in [0.5, 0.6) is 0 Å². The summed E-state index contributed by atoms with van der Waals surface area (Å²) in [6.07, 6.45) is -0.721. The number of hydrogen-bond donors (Lipinski definition) is 2. The van der Waals surface area contributed by atoms with Gasteiger partial charge in [-0.25, -0.2) is 4.39 Å². The topological polar surface area (TPSA) is 46.2 Å². The molecule has 0 aliphatic rings. The molecule has 2 unspecified atom stereocenters. The summed E-state index contributed by atoms with van der Waals surface area (Å²) in [5.41, 5.74) is 7.55. The van der Waals surface area contributed by atoms with Gasteiger partial charge in [-0.1, -0.05) is 12.1 Å². The van der Waals surface area contributed by atoms with Crippen LogP contribution in [0.4, 0.5) is 4.39 Å². The summed E-state index contributed by atoms with van der Waals surface area (Å²) in [4.78, 5) is 0.837. The van der Waals surface area contributed by atoms with E-state index in [-0.39, 0.29) is 18.3 Å². The highest BCUT2D eigenvalue weighted by atomic mass is 79.9. The highest BCUT2D eigenvalue weighted by Gasteiger charge is 2.24. The predicted octanol–water partition coefficient (Wildman–Crippen LogP) is 3.73. The molecule has 1 heterocycles. The molecule has 2 aromatic rings. The minimum atomic E-state index is -0.721. The van der Waals surface area contributed by atoms with Crippen molar-refractivity contribution in [3.8, 4) is 0 Å². The van der Waals surface area contributed by atoms with Gasteiger partial charge in [0.2, 0.25) is 0 Å². The molecule has 1 aromatic heterocycles. The van der Waals surface area contributed by atoms with Gasteiger partial charge in [-0.05, 0) is 52.2 Å². The van der Waals surface area contributed by atoms with Crippen molar-refractivity contribution >= 4 is 27.3 Å². The molecule has 0 bridgehead atoms. The van der Waals surface area contributed by atoms with Crippen LogP contribution in [-0.4, -0.2) is 11.7 Å². The van der Waals surface area contributed by atoms with Crippen molar-refractivity contribution in [1.29, 1.82) is 0 Å². The van der Waals surface area contributed by atoms with Crippen molar-refractivity contribution in [1.82, 2.24) is 0 Å². The predicted molar refractivity (Wildman–Crippen MR) is 79.9 cm³/mol. The van der Waals surface area contributed by atoms with Gasteiger partial charge in [-0.15, -0.1) is 11.3 Å². The molecule has 0 saturated heterocycles. The van der Waals surface area contributed by atoms with Gasteiger partial charge in [0.05, 0.1) is 9.89 Å². The Morgan fingerprint density at radius 3 is 2.68 bits per heavy atom. The first-order valence-corrected chi connectivity index (χ1v) is 7.53. The summed E-state index contributed by atoms with van der Waals surface area (Å²) >= 11 is 4.92. The van der Waals surface area contributed by atoms with Gasteiger partial charge >= 0.3 is 0 Å². The SMILES string of the molecule is Cc1cc(C(O)C(CN)c2cccc(F)c2)sc1Br. The third-order valence-corrected chi connectivity index (χ3v) is 5.29. The Morgan fingerprint density at radius 2 is 2.16 bits per heavy atom. The number of aliphatic hydroxyl groups excluding tert-OH is 1. The average molecular weight is 344 g/mol. The van der Waals surface area contributed by atoms with Crippen LogP contribution < -0.4 is 5.73 Å². The van der Waals surface area contributed by atoms with Gasteiger partial charge in [0.15, 0.2) is 0 Å². The maximum Gasteiger partial charge on any atom is 0.123 e. The molecule has 0 radical (unpaired) electrons. The summed E-state index contributed by atoms with van der Waals surface area (Å²) in [7, 11) is 0. The van der Waals surface area contributed by atoms with Crippen LogP contribution in [0.3, 0.4) is 0 Å². The van der Waals surface area contributed by atoms with Gasteiger partial charge in [0.25, 0.3) is 0 Å². The number of rotatable bonds is 4. The monoisotopic (exact) mass is 343 g/mol. The molecule has 0 aliphatic carbocycles. The van der Waals surface area contributed by atoms with E-state index < -0.39 is 6.10 Å². The number of nitrogens with two attached hydrogens (primary N) is 1. The van der Waals surface area contributed by atoms with Crippen LogP contribution in [0.1, 0.15) is 28.0 Å². The number of hydrogen-bond acceptors (Lipinski definition) is 3. The molecule has 0 spiro atoms. The van der Waals surface area contributed by atoms with E-state index in [4.69, 9.17) is 5.73 Å². The number of benzene rings is 1. The van der Waals surface area contributed by atoms with Crippen molar-refractivity contribution in [3.05, 3.63) is 55.9 Å². The van der Waals surface area contributed by atoms with Crippen LogP contribution in [0.2, 0.25) is 0 Å². The lowest BCUT2D eigenvalue weighted by Crippen LogP contribution is -2.19. The molecule has 3 N–H and O–H groups in total. The minimum Gasteiger partial charge on any atom is -0.387 e.